The highest BCUT2D eigenvalue weighted by molar-refractivity contribution is 9.10. The maximum atomic E-state index is 13.8. The Morgan fingerprint density at radius 3 is 2.73 bits per heavy atom. The molecule has 6 nitrogen and oxygen atoms in total. The number of carbonyl (C=O) groups excluding carboxylic acids is 1. The molecule has 0 bridgehead atoms. The second-order valence-corrected chi connectivity index (χ2v) is 7.36. The summed E-state index contributed by atoms with van der Waals surface area (Å²) in [6.07, 6.45) is 3.14. The van der Waals surface area contributed by atoms with Crippen LogP contribution in [0.1, 0.15) is 11.4 Å². The van der Waals surface area contributed by atoms with E-state index in [1.807, 2.05) is 19.9 Å². The summed E-state index contributed by atoms with van der Waals surface area (Å²) in [5.41, 5.74) is 1.93. The Morgan fingerprint density at radius 1 is 1.27 bits per heavy atom. The van der Waals surface area contributed by atoms with Crippen molar-refractivity contribution in [2.75, 3.05) is 11.1 Å². The molecule has 0 fully saturated rings. The largest absolute Gasteiger partial charge is 0.323 e. The molecule has 0 unspecified atom stereocenters. The highest BCUT2D eigenvalue weighted by Crippen LogP contribution is 2.24. The van der Waals surface area contributed by atoms with Gasteiger partial charge in [-0.15, -0.1) is 0 Å². The Bertz CT molecular complexity index is 962. The van der Waals surface area contributed by atoms with Gasteiger partial charge in [0, 0.05) is 22.6 Å². The van der Waals surface area contributed by atoms with Crippen molar-refractivity contribution >= 4 is 39.3 Å². The molecule has 3 aromatic rings. The molecule has 0 spiro atoms. The van der Waals surface area contributed by atoms with Crippen molar-refractivity contribution in [1.29, 1.82) is 0 Å². The van der Waals surface area contributed by atoms with Crippen LogP contribution in [0.4, 0.5) is 10.1 Å². The average molecular weight is 436 g/mol. The van der Waals surface area contributed by atoms with Crippen LogP contribution in [0, 0.1) is 19.7 Å². The van der Waals surface area contributed by atoms with Gasteiger partial charge in [0.05, 0.1) is 17.1 Å². The minimum absolute atomic E-state index is 0.0699. The van der Waals surface area contributed by atoms with E-state index >= 15 is 0 Å². The Hall–Kier alpha value is -2.26. The summed E-state index contributed by atoms with van der Waals surface area (Å²) in [6.45, 7) is 3.82. The van der Waals surface area contributed by atoms with E-state index in [1.165, 1.54) is 23.9 Å². The van der Waals surface area contributed by atoms with Crippen LogP contribution in [0.2, 0.25) is 0 Å². The number of benzene rings is 1. The van der Waals surface area contributed by atoms with E-state index < -0.39 is 5.82 Å². The Kier molecular flexibility index (Phi) is 5.67. The summed E-state index contributed by atoms with van der Waals surface area (Å²) >= 11 is 4.40. The van der Waals surface area contributed by atoms with Gasteiger partial charge in [0.1, 0.15) is 10.8 Å². The highest BCUT2D eigenvalue weighted by atomic mass is 79.9. The summed E-state index contributed by atoms with van der Waals surface area (Å²) in [5.74, 6) is -0.201. The fraction of sp³-hybridized carbons (Fsp3) is 0.176. The van der Waals surface area contributed by atoms with Gasteiger partial charge in [-0.25, -0.2) is 19.0 Å². The number of halogens is 2. The maximum absolute atomic E-state index is 13.8. The zero-order valence-electron chi connectivity index (χ0n) is 14.0. The summed E-state index contributed by atoms with van der Waals surface area (Å²) < 4.78 is 16.1. The molecule has 1 amide bonds. The van der Waals surface area contributed by atoms with Crippen LogP contribution < -0.4 is 5.32 Å². The second kappa shape index (κ2) is 7.96. The lowest BCUT2D eigenvalue weighted by molar-refractivity contribution is -0.113. The molecule has 1 aromatic carbocycles. The molecule has 0 saturated carbocycles. The molecule has 0 saturated heterocycles. The molecule has 3 rings (SSSR count). The van der Waals surface area contributed by atoms with Crippen LogP contribution in [-0.2, 0) is 4.79 Å². The molecule has 2 heterocycles. The lowest BCUT2D eigenvalue weighted by Crippen LogP contribution is -2.15. The minimum atomic E-state index is -0.499. The highest BCUT2D eigenvalue weighted by Gasteiger charge is 2.14. The first-order valence-electron chi connectivity index (χ1n) is 7.66. The predicted molar refractivity (Wildman–Crippen MR) is 102 cm³/mol. The van der Waals surface area contributed by atoms with Crippen LogP contribution in [0.5, 0.6) is 0 Å². The molecule has 134 valence electrons. The third-order valence-electron chi connectivity index (χ3n) is 3.40. The van der Waals surface area contributed by atoms with Gasteiger partial charge in [0.25, 0.3) is 0 Å². The lowest BCUT2D eigenvalue weighted by Gasteiger charge is -2.09. The Morgan fingerprint density at radius 2 is 2.04 bits per heavy atom. The molecule has 9 heteroatoms. The van der Waals surface area contributed by atoms with E-state index in [-0.39, 0.29) is 17.3 Å². The van der Waals surface area contributed by atoms with Crippen molar-refractivity contribution in [3.63, 3.8) is 0 Å². The van der Waals surface area contributed by atoms with Gasteiger partial charge in [-0.2, -0.15) is 5.10 Å². The van der Waals surface area contributed by atoms with Crippen LogP contribution in [-0.4, -0.2) is 31.4 Å². The molecule has 1 N–H and O–H groups in total. The van der Waals surface area contributed by atoms with Crippen LogP contribution >= 0.6 is 27.7 Å². The normalized spacial score (nSPS) is 10.8. The molecule has 2 aromatic heterocycles. The van der Waals surface area contributed by atoms with Crippen molar-refractivity contribution in [2.45, 2.75) is 18.9 Å². The number of hydrogen-bond donors (Lipinski definition) is 1. The van der Waals surface area contributed by atoms with Crippen molar-refractivity contribution in [3.8, 4) is 5.82 Å². The van der Waals surface area contributed by atoms with Gasteiger partial charge in [-0.3, -0.25) is 4.79 Å². The molecular formula is C17H15BrFN5OS. The summed E-state index contributed by atoms with van der Waals surface area (Å²) in [6, 6.07) is 6.40. The fourth-order valence-electron chi connectivity index (χ4n) is 2.32. The molecule has 0 radical (unpaired) electrons. The fourth-order valence-corrected chi connectivity index (χ4v) is 3.40. The summed E-state index contributed by atoms with van der Waals surface area (Å²) in [4.78, 5) is 20.8. The number of rotatable bonds is 5. The minimum Gasteiger partial charge on any atom is -0.323 e. The average Bonchev–Trinajstić information content (AvgIpc) is 2.94. The number of carbonyl (C=O) groups is 1. The number of aryl methyl sites for hydroxylation is 2. The smallest absolute Gasteiger partial charge is 0.234 e. The first-order chi connectivity index (χ1) is 12.4. The van der Waals surface area contributed by atoms with E-state index in [4.69, 9.17) is 0 Å². The summed E-state index contributed by atoms with van der Waals surface area (Å²) in [7, 11) is 0. The van der Waals surface area contributed by atoms with Crippen molar-refractivity contribution in [1.82, 2.24) is 19.7 Å². The van der Waals surface area contributed by atoms with Gasteiger partial charge in [0.2, 0.25) is 5.91 Å². The second-order valence-electron chi connectivity index (χ2n) is 5.49. The van der Waals surface area contributed by atoms with Crippen molar-refractivity contribution in [3.05, 3.63) is 58.3 Å². The molecule has 0 aliphatic heterocycles. The van der Waals surface area contributed by atoms with E-state index in [0.29, 0.717) is 15.3 Å². The van der Waals surface area contributed by atoms with E-state index in [2.05, 4.69) is 36.3 Å². The molecule has 0 aliphatic rings. The number of amides is 1. The third-order valence-corrected chi connectivity index (χ3v) is 4.86. The SMILES string of the molecule is Cc1cc(C)n(-c2nccnc2SCC(=O)Nc2ccc(Br)cc2F)n1. The van der Waals surface area contributed by atoms with Crippen LogP contribution in [0.3, 0.4) is 0 Å². The first kappa shape index (κ1) is 18.5. The van der Waals surface area contributed by atoms with Crippen LogP contribution in [0.15, 0.2) is 46.2 Å². The number of aromatic nitrogens is 4. The molecule has 26 heavy (non-hydrogen) atoms. The van der Waals surface area contributed by atoms with E-state index in [0.717, 1.165) is 11.4 Å². The van der Waals surface area contributed by atoms with Gasteiger partial charge < -0.3 is 5.32 Å². The molecule has 0 atom stereocenters. The third kappa shape index (κ3) is 4.28. The maximum Gasteiger partial charge on any atom is 0.234 e. The van der Waals surface area contributed by atoms with Crippen molar-refractivity contribution in [2.24, 2.45) is 0 Å². The first-order valence-corrected chi connectivity index (χ1v) is 9.44. The zero-order valence-corrected chi connectivity index (χ0v) is 16.4. The van der Waals surface area contributed by atoms with Crippen LogP contribution in [0.25, 0.3) is 5.82 Å². The topological polar surface area (TPSA) is 72.7 Å². The molecular weight excluding hydrogens is 421 g/mol. The molecule has 0 aliphatic carbocycles. The predicted octanol–water partition coefficient (Wildman–Crippen LogP) is 3.91. The summed E-state index contributed by atoms with van der Waals surface area (Å²) in [5, 5.41) is 7.53. The number of nitrogens with zero attached hydrogens (tertiary/aromatic N) is 4. The van der Waals surface area contributed by atoms with Crippen molar-refractivity contribution < 1.29 is 9.18 Å². The Labute approximate surface area is 162 Å². The zero-order chi connectivity index (χ0) is 18.7. The standard InChI is InChI=1S/C17H15BrFN5OS/c1-10-7-11(2)24(23-10)16-17(21-6-5-20-16)26-9-15(25)22-14-4-3-12(18)8-13(14)19/h3-8H,9H2,1-2H3,(H,22,25). The van der Waals surface area contributed by atoms with E-state index in [1.54, 1.807) is 23.1 Å². The number of hydrogen-bond acceptors (Lipinski definition) is 5. The number of nitrogens with one attached hydrogen (secondary N) is 1. The van der Waals surface area contributed by atoms with Gasteiger partial charge in [0.15, 0.2) is 5.82 Å². The quantitative estimate of drug-likeness (QED) is 0.614. The number of thioether (sulfide) groups is 1. The Balaban J connectivity index is 1.72. The number of anilines is 1. The monoisotopic (exact) mass is 435 g/mol. The van der Waals surface area contributed by atoms with Gasteiger partial charge in [-0.05, 0) is 38.1 Å². The van der Waals surface area contributed by atoms with Gasteiger partial charge in [-0.1, -0.05) is 27.7 Å². The lowest BCUT2D eigenvalue weighted by atomic mass is 10.3. The van der Waals surface area contributed by atoms with Gasteiger partial charge >= 0.3 is 0 Å². The van der Waals surface area contributed by atoms with E-state index in [9.17, 15) is 9.18 Å².